The normalized spacial score (nSPS) is 16.1. The molecule has 1 aliphatic rings. The molecule has 0 bridgehead atoms. The number of carbonyl (C=O) groups is 4. The number of methoxy groups -OCH3 is 1. The van der Waals surface area contributed by atoms with Gasteiger partial charge in [-0.3, -0.25) is 19.3 Å². The number of carbonyl (C=O) groups excluding carboxylic acids is 4. The number of ether oxygens (including phenoxy) is 1. The number of urea groups is 1. The number of hydrogen-bond donors (Lipinski definition) is 3. The third kappa shape index (κ3) is 5.76. The first-order chi connectivity index (χ1) is 15.3. The van der Waals surface area contributed by atoms with Crippen molar-refractivity contribution in [2.24, 2.45) is 5.92 Å². The van der Waals surface area contributed by atoms with Gasteiger partial charge in [-0.2, -0.15) is 0 Å². The minimum atomic E-state index is -0.720. The van der Waals surface area contributed by atoms with Gasteiger partial charge in [-0.25, -0.2) is 4.79 Å². The van der Waals surface area contributed by atoms with Crippen molar-refractivity contribution in [2.75, 3.05) is 30.8 Å². The van der Waals surface area contributed by atoms with Crippen LogP contribution in [0.5, 0.6) is 5.75 Å². The van der Waals surface area contributed by atoms with Crippen LogP contribution in [-0.4, -0.2) is 48.9 Å². The molecule has 0 aromatic heterocycles. The second kappa shape index (κ2) is 10.1. The summed E-state index contributed by atoms with van der Waals surface area (Å²) in [6.07, 6.45) is 0.234. The highest BCUT2D eigenvalue weighted by atomic mass is 35.5. The topological polar surface area (TPSA) is 117 Å². The fourth-order valence-electron chi connectivity index (χ4n) is 3.36. The molecule has 0 saturated carbocycles. The van der Waals surface area contributed by atoms with Crippen molar-refractivity contribution >= 4 is 46.7 Å². The summed E-state index contributed by atoms with van der Waals surface area (Å²) in [5.41, 5.74) is 1.68. The van der Waals surface area contributed by atoms with Crippen LogP contribution in [0.3, 0.4) is 0 Å². The molecule has 2 aromatic carbocycles. The first-order valence-corrected chi connectivity index (χ1v) is 10.2. The lowest BCUT2D eigenvalue weighted by Gasteiger charge is -2.22. The second-order valence-corrected chi connectivity index (χ2v) is 7.71. The largest absolute Gasteiger partial charge is 0.496 e. The van der Waals surface area contributed by atoms with Gasteiger partial charge in [0.2, 0.25) is 17.7 Å². The summed E-state index contributed by atoms with van der Waals surface area (Å²) >= 11 is 6.08. The molecule has 32 heavy (non-hydrogen) atoms. The molecule has 0 radical (unpaired) electrons. The Labute approximate surface area is 190 Å². The van der Waals surface area contributed by atoms with E-state index in [0.29, 0.717) is 27.7 Å². The Bertz CT molecular complexity index is 1040. The molecular formula is C22H23ClN4O5. The van der Waals surface area contributed by atoms with Crippen LogP contribution in [0.4, 0.5) is 16.2 Å². The number of hydrogen-bond acceptors (Lipinski definition) is 5. The molecular weight excluding hydrogens is 436 g/mol. The van der Waals surface area contributed by atoms with Crippen LogP contribution >= 0.6 is 11.6 Å². The summed E-state index contributed by atoms with van der Waals surface area (Å²) in [5.74, 6) is -1.26. The molecule has 3 N–H and O–H groups in total. The van der Waals surface area contributed by atoms with Crippen LogP contribution in [0, 0.1) is 5.92 Å². The Morgan fingerprint density at radius 2 is 1.78 bits per heavy atom. The number of nitrogens with one attached hydrogen (secondary N) is 3. The average Bonchev–Trinajstić information content (AvgIpc) is 2.88. The van der Waals surface area contributed by atoms with E-state index in [1.165, 1.54) is 14.0 Å². The maximum atomic E-state index is 13.1. The lowest BCUT2D eigenvalue weighted by atomic mass is 9.97. The molecule has 9 nitrogen and oxygen atoms in total. The van der Waals surface area contributed by atoms with Gasteiger partial charge < -0.3 is 20.7 Å². The minimum Gasteiger partial charge on any atom is -0.496 e. The Balaban J connectivity index is 1.76. The summed E-state index contributed by atoms with van der Waals surface area (Å²) in [5, 5.41) is 8.40. The van der Waals surface area contributed by atoms with E-state index in [1.54, 1.807) is 42.5 Å². The molecule has 1 saturated heterocycles. The van der Waals surface area contributed by atoms with Crippen LogP contribution in [0.2, 0.25) is 5.02 Å². The van der Waals surface area contributed by atoms with Crippen molar-refractivity contribution in [3.05, 3.63) is 53.1 Å². The maximum Gasteiger partial charge on any atom is 0.329 e. The minimum absolute atomic E-state index is 0.0858. The van der Waals surface area contributed by atoms with Crippen LogP contribution in [0.15, 0.2) is 42.5 Å². The number of anilines is 2. The number of imide groups is 1. The lowest BCUT2D eigenvalue weighted by molar-refractivity contribution is -0.133. The Morgan fingerprint density at radius 3 is 2.41 bits per heavy atom. The van der Waals surface area contributed by atoms with Crippen molar-refractivity contribution in [2.45, 2.75) is 13.3 Å². The molecule has 1 unspecified atom stereocenters. The van der Waals surface area contributed by atoms with E-state index in [-0.39, 0.29) is 18.9 Å². The van der Waals surface area contributed by atoms with Crippen molar-refractivity contribution in [3.8, 4) is 5.75 Å². The first-order valence-electron chi connectivity index (χ1n) is 9.86. The summed E-state index contributed by atoms with van der Waals surface area (Å²) < 4.78 is 5.34. The van der Waals surface area contributed by atoms with E-state index in [0.717, 1.165) is 4.90 Å². The molecule has 168 valence electrons. The van der Waals surface area contributed by atoms with E-state index in [1.807, 2.05) is 0 Å². The molecule has 2 aromatic rings. The predicted molar refractivity (Wildman–Crippen MR) is 120 cm³/mol. The Kier molecular flexibility index (Phi) is 7.32. The Morgan fingerprint density at radius 1 is 1.12 bits per heavy atom. The van der Waals surface area contributed by atoms with Gasteiger partial charge in [-0.05, 0) is 54.4 Å². The zero-order chi connectivity index (χ0) is 23.3. The summed E-state index contributed by atoms with van der Waals surface area (Å²) in [6.45, 7) is 1.08. The van der Waals surface area contributed by atoms with Gasteiger partial charge in [0.15, 0.2) is 0 Å². The monoisotopic (exact) mass is 458 g/mol. The second-order valence-electron chi connectivity index (χ2n) is 7.27. The zero-order valence-corrected chi connectivity index (χ0v) is 18.4. The summed E-state index contributed by atoms with van der Waals surface area (Å²) in [4.78, 5) is 50.1. The SMILES string of the molecule is COc1ccc(Cl)cc1CC1CNC(=O)CN(C(=O)Nc2ccc(NC(C)=O)cc2)C1=O. The number of benzene rings is 2. The van der Waals surface area contributed by atoms with Gasteiger partial charge in [-0.1, -0.05) is 11.6 Å². The zero-order valence-electron chi connectivity index (χ0n) is 17.6. The quantitative estimate of drug-likeness (QED) is 0.636. The molecule has 0 aliphatic carbocycles. The van der Waals surface area contributed by atoms with Gasteiger partial charge in [0, 0.05) is 29.9 Å². The van der Waals surface area contributed by atoms with E-state index < -0.39 is 30.3 Å². The molecule has 1 aliphatic heterocycles. The number of rotatable bonds is 5. The fourth-order valence-corrected chi connectivity index (χ4v) is 3.55. The van der Waals surface area contributed by atoms with E-state index in [2.05, 4.69) is 16.0 Å². The lowest BCUT2D eigenvalue weighted by Crippen LogP contribution is -2.44. The Hall–Kier alpha value is -3.59. The van der Waals surface area contributed by atoms with Crippen molar-refractivity contribution in [1.29, 1.82) is 0 Å². The molecule has 1 fully saturated rings. The third-order valence-electron chi connectivity index (χ3n) is 4.87. The highest BCUT2D eigenvalue weighted by Crippen LogP contribution is 2.26. The number of halogens is 1. The highest BCUT2D eigenvalue weighted by Gasteiger charge is 2.34. The highest BCUT2D eigenvalue weighted by molar-refractivity contribution is 6.30. The maximum absolute atomic E-state index is 13.1. The van der Waals surface area contributed by atoms with E-state index in [9.17, 15) is 19.2 Å². The average molecular weight is 459 g/mol. The number of amides is 5. The molecule has 10 heteroatoms. The smallest absolute Gasteiger partial charge is 0.329 e. The first kappa shape index (κ1) is 23.1. The van der Waals surface area contributed by atoms with Crippen LogP contribution in [0.25, 0.3) is 0 Å². The van der Waals surface area contributed by atoms with Gasteiger partial charge >= 0.3 is 6.03 Å². The van der Waals surface area contributed by atoms with E-state index >= 15 is 0 Å². The summed E-state index contributed by atoms with van der Waals surface area (Å²) in [6, 6.07) is 10.7. The van der Waals surface area contributed by atoms with E-state index in [4.69, 9.17) is 16.3 Å². The standard InChI is InChI=1S/C22H23ClN4O5/c1-13(28)25-17-4-6-18(7-5-17)26-22(31)27-12-20(29)24-11-15(21(27)30)9-14-10-16(23)3-8-19(14)32-2/h3-8,10,15H,9,11-12H2,1-2H3,(H,24,29)(H,25,28)(H,26,31). The van der Waals surface area contributed by atoms with Gasteiger partial charge in [0.25, 0.3) is 0 Å². The van der Waals surface area contributed by atoms with Crippen LogP contribution in [0.1, 0.15) is 12.5 Å². The predicted octanol–water partition coefficient (Wildman–Crippen LogP) is 2.66. The van der Waals surface area contributed by atoms with Crippen molar-refractivity contribution in [3.63, 3.8) is 0 Å². The van der Waals surface area contributed by atoms with Gasteiger partial charge in [0.05, 0.1) is 13.0 Å². The molecule has 3 rings (SSSR count). The molecule has 1 atom stereocenters. The molecule has 0 spiro atoms. The molecule has 5 amide bonds. The summed E-state index contributed by atoms with van der Waals surface area (Å²) in [7, 11) is 1.51. The van der Waals surface area contributed by atoms with Crippen molar-refractivity contribution in [1.82, 2.24) is 10.2 Å². The van der Waals surface area contributed by atoms with Crippen molar-refractivity contribution < 1.29 is 23.9 Å². The van der Waals surface area contributed by atoms with Gasteiger partial charge in [0.1, 0.15) is 12.3 Å². The van der Waals surface area contributed by atoms with Gasteiger partial charge in [-0.15, -0.1) is 0 Å². The third-order valence-corrected chi connectivity index (χ3v) is 5.11. The van der Waals surface area contributed by atoms with Crippen LogP contribution in [-0.2, 0) is 20.8 Å². The molecule has 1 heterocycles. The fraction of sp³-hybridized carbons (Fsp3) is 0.273. The van der Waals surface area contributed by atoms with Crippen LogP contribution < -0.4 is 20.7 Å². The number of nitrogens with zero attached hydrogens (tertiary/aromatic N) is 1.